The minimum Gasteiger partial charge on any atom is -0.348 e. The van der Waals surface area contributed by atoms with Gasteiger partial charge in [-0.15, -0.1) is 0 Å². The summed E-state index contributed by atoms with van der Waals surface area (Å²) in [7, 11) is 1.85. The zero-order chi connectivity index (χ0) is 13.1. The summed E-state index contributed by atoms with van der Waals surface area (Å²) in [6.07, 6.45) is 8.73. The second kappa shape index (κ2) is 5.03. The molecular formula is C12H17N5O. The number of aryl methyl sites for hydroxylation is 1. The van der Waals surface area contributed by atoms with Crippen LogP contribution in [0.2, 0.25) is 0 Å². The summed E-state index contributed by atoms with van der Waals surface area (Å²) >= 11 is 0. The molecule has 0 saturated heterocycles. The molecule has 0 saturated carbocycles. The van der Waals surface area contributed by atoms with Gasteiger partial charge in [0.15, 0.2) is 0 Å². The third kappa shape index (κ3) is 2.58. The van der Waals surface area contributed by atoms with Crippen LogP contribution < -0.4 is 5.32 Å². The molecule has 96 valence electrons. The largest absolute Gasteiger partial charge is 0.348 e. The van der Waals surface area contributed by atoms with Gasteiger partial charge in [0, 0.05) is 31.2 Å². The second-order valence-corrected chi connectivity index (χ2v) is 4.36. The molecule has 6 heteroatoms. The molecule has 6 nitrogen and oxygen atoms in total. The summed E-state index contributed by atoms with van der Waals surface area (Å²) < 4.78 is 3.49. The summed E-state index contributed by atoms with van der Waals surface area (Å²) in [5.74, 6) is -0.0376. The lowest BCUT2D eigenvalue weighted by Crippen LogP contribution is -2.32. The van der Waals surface area contributed by atoms with Crippen molar-refractivity contribution in [3.05, 3.63) is 36.7 Å². The first-order valence-corrected chi connectivity index (χ1v) is 5.84. The van der Waals surface area contributed by atoms with Gasteiger partial charge in [-0.3, -0.25) is 9.48 Å². The van der Waals surface area contributed by atoms with Crippen LogP contribution in [0.1, 0.15) is 31.5 Å². The number of nitrogens with zero attached hydrogens (tertiary/aromatic N) is 4. The van der Waals surface area contributed by atoms with E-state index in [9.17, 15) is 4.79 Å². The SMILES string of the molecule is CC(NC(=O)C(C)n1ccnc1)c1cnn(C)c1. The molecule has 0 spiro atoms. The molecule has 2 heterocycles. The maximum Gasteiger partial charge on any atom is 0.243 e. The highest BCUT2D eigenvalue weighted by molar-refractivity contribution is 5.80. The molecule has 2 aromatic rings. The van der Waals surface area contributed by atoms with E-state index in [2.05, 4.69) is 15.4 Å². The van der Waals surface area contributed by atoms with E-state index in [1.807, 2.05) is 27.1 Å². The number of carbonyl (C=O) groups excluding carboxylic acids is 1. The van der Waals surface area contributed by atoms with Crippen LogP contribution in [0.25, 0.3) is 0 Å². The van der Waals surface area contributed by atoms with E-state index in [1.165, 1.54) is 0 Å². The molecule has 1 N–H and O–H groups in total. The number of amides is 1. The third-order valence-corrected chi connectivity index (χ3v) is 2.94. The number of hydrogen-bond donors (Lipinski definition) is 1. The molecule has 1 amide bonds. The number of aromatic nitrogens is 4. The van der Waals surface area contributed by atoms with Crippen molar-refractivity contribution in [1.29, 1.82) is 0 Å². The van der Waals surface area contributed by atoms with Crippen molar-refractivity contribution in [2.45, 2.75) is 25.9 Å². The van der Waals surface area contributed by atoms with E-state index in [0.717, 1.165) is 5.56 Å². The van der Waals surface area contributed by atoms with Crippen LogP contribution in [0.15, 0.2) is 31.1 Å². The fourth-order valence-corrected chi connectivity index (χ4v) is 1.71. The Morgan fingerprint density at radius 1 is 1.44 bits per heavy atom. The second-order valence-electron chi connectivity index (χ2n) is 4.36. The molecule has 18 heavy (non-hydrogen) atoms. The highest BCUT2D eigenvalue weighted by Crippen LogP contribution is 2.12. The molecule has 0 fully saturated rings. The standard InChI is InChI=1S/C12H17N5O/c1-9(11-6-14-16(3)7-11)15-12(18)10(2)17-5-4-13-8-17/h4-10H,1-3H3,(H,15,18). The molecule has 0 aromatic carbocycles. The lowest BCUT2D eigenvalue weighted by Gasteiger charge is -2.17. The molecule has 2 atom stereocenters. The van der Waals surface area contributed by atoms with Gasteiger partial charge in [-0.1, -0.05) is 0 Å². The van der Waals surface area contributed by atoms with Gasteiger partial charge < -0.3 is 9.88 Å². The Labute approximate surface area is 106 Å². The Balaban J connectivity index is 1.99. The van der Waals surface area contributed by atoms with Crippen LogP contribution in [0.4, 0.5) is 0 Å². The summed E-state index contributed by atoms with van der Waals surface area (Å²) in [4.78, 5) is 16.0. The van der Waals surface area contributed by atoms with Gasteiger partial charge in [0.05, 0.1) is 18.6 Å². The van der Waals surface area contributed by atoms with Crippen molar-refractivity contribution < 1.29 is 4.79 Å². The Hall–Kier alpha value is -2.11. The number of imidazole rings is 1. The molecule has 0 aliphatic heterocycles. The predicted molar refractivity (Wildman–Crippen MR) is 66.7 cm³/mol. The Kier molecular flexibility index (Phi) is 3.45. The molecule has 0 radical (unpaired) electrons. The van der Waals surface area contributed by atoms with Crippen molar-refractivity contribution >= 4 is 5.91 Å². The zero-order valence-electron chi connectivity index (χ0n) is 10.7. The molecule has 0 bridgehead atoms. The van der Waals surface area contributed by atoms with E-state index in [-0.39, 0.29) is 18.0 Å². The zero-order valence-corrected chi connectivity index (χ0v) is 10.7. The van der Waals surface area contributed by atoms with Gasteiger partial charge in [-0.2, -0.15) is 5.10 Å². The Bertz CT molecular complexity index is 516. The van der Waals surface area contributed by atoms with Gasteiger partial charge in [-0.05, 0) is 13.8 Å². The van der Waals surface area contributed by atoms with Gasteiger partial charge >= 0.3 is 0 Å². The van der Waals surface area contributed by atoms with E-state index < -0.39 is 0 Å². The summed E-state index contributed by atoms with van der Waals surface area (Å²) in [5.41, 5.74) is 0.990. The topological polar surface area (TPSA) is 64.7 Å². The van der Waals surface area contributed by atoms with Crippen LogP contribution in [0.3, 0.4) is 0 Å². The first-order chi connectivity index (χ1) is 8.58. The van der Waals surface area contributed by atoms with Gasteiger partial charge in [0.2, 0.25) is 5.91 Å². The van der Waals surface area contributed by atoms with E-state index in [4.69, 9.17) is 0 Å². The fourth-order valence-electron chi connectivity index (χ4n) is 1.71. The first-order valence-electron chi connectivity index (χ1n) is 5.84. The highest BCUT2D eigenvalue weighted by Gasteiger charge is 2.17. The minimum absolute atomic E-state index is 0.0376. The predicted octanol–water partition coefficient (Wildman–Crippen LogP) is 1.05. The molecule has 2 aromatic heterocycles. The van der Waals surface area contributed by atoms with Crippen molar-refractivity contribution in [2.24, 2.45) is 7.05 Å². The van der Waals surface area contributed by atoms with Crippen molar-refractivity contribution in [3.8, 4) is 0 Å². The van der Waals surface area contributed by atoms with Crippen LogP contribution >= 0.6 is 0 Å². The van der Waals surface area contributed by atoms with Gasteiger partial charge in [-0.25, -0.2) is 4.98 Å². The average Bonchev–Trinajstić information content (AvgIpc) is 2.98. The summed E-state index contributed by atoms with van der Waals surface area (Å²) in [5, 5.41) is 7.05. The Morgan fingerprint density at radius 2 is 2.22 bits per heavy atom. The quantitative estimate of drug-likeness (QED) is 0.878. The maximum atomic E-state index is 12.0. The summed E-state index contributed by atoms with van der Waals surface area (Å²) in [6.45, 7) is 3.78. The maximum absolute atomic E-state index is 12.0. The molecule has 0 aliphatic rings. The fraction of sp³-hybridized carbons (Fsp3) is 0.417. The van der Waals surface area contributed by atoms with Crippen LogP contribution in [0, 0.1) is 0 Å². The van der Waals surface area contributed by atoms with Crippen LogP contribution in [-0.4, -0.2) is 25.2 Å². The smallest absolute Gasteiger partial charge is 0.243 e. The molecule has 0 aliphatic carbocycles. The minimum atomic E-state index is -0.272. The van der Waals surface area contributed by atoms with Gasteiger partial charge in [0.1, 0.15) is 6.04 Å². The van der Waals surface area contributed by atoms with Crippen LogP contribution in [-0.2, 0) is 11.8 Å². The number of carbonyl (C=O) groups is 1. The highest BCUT2D eigenvalue weighted by atomic mass is 16.2. The number of hydrogen-bond acceptors (Lipinski definition) is 3. The lowest BCUT2D eigenvalue weighted by molar-refractivity contribution is -0.124. The van der Waals surface area contributed by atoms with E-state index >= 15 is 0 Å². The number of nitrogens with one attached hydrogen (secondary N) is 1. The lowest BCUT2D eigenvalue weighted by atomic mass is 10.2. The monoisotopic (exact) mass is 247 g/mol. The molecule has 2 unspecified atom stereocenters. The van der Waals surface area contributed by atoms with E-state index in [1.54, 1.807) is 34.2 Å². The molecular weight excluding hydrogens is 230 g/mol. The normalized spacial score (nSPS) is 14.2. The van der Waals surface area contributed by atoms with Crippen molar-refractivity contribution in [3.63, 3.8) is 0 Å². The van der Waals surface area contributed by atoms with Gasteiger partial charge in [0.25, 0.3) is 0 Å². The van der Waals surface area contributed by atoms with E-state index in [0.29, 0.717) is 0 Å². The Morgan fingerprint density at radius 3 is 2.78 bits per heavy atom. The van der Waals surface area contributed by atoms with Crippen molar-refractivity contribution in [2.75, 3.05) is 0 Å². The number of rotatable bonds is 4. The molecule has 2 rings (SSSR count). The average molecular weight is 247 g/mol. The van der Waals surface area contributed by atoms with Crippen molar-refractivity contribution in [1.82, 2.24) is 24.6 Å². The van der Waals surface area contributed by atoms with Crippen LogP contribution in [0.5, 0.6) is 0 Å². The first kappa shape index (κ1) is 12.3. The summed E-state index contributed by atoms with van der Waals surface area (Å²) in [6, 6.07) is -0.330. The third-order valence-electron chi connectivity index (χ3n) is 2.94.